The number of rotatable bonds is 3. The highest BCUT2D eigenvalue weighted by atomic mass is 16.7. The molecule has 0 atom stereocenters. The molecule has 3 heterocycles. The lowest BCUT2D eigenvalue weighted by molar-refractivity contribution is 0.102. The second kappa shape index (κ2) is 6.31. The van der Waals surface area contributed by atoms with Crippen LogP contribution in [0.2, 0.25) is 0 Å². The van der Waals surface area contributed by atoms with Crippen molar-refractivity contribution in [2.75, 3.05) is 12.1 Å². The molecule has 0 aliphatic carbocycles. The molecule has 2 aromatic heterocycles. The molecule has 0 bridgehead atoms. The highest BCUT2D eigenvalue weighted by molar-refractivity contribution is 6.04. The molecule has 0 saturated heterocycles. The summed E-state index contributed by atoms with van der Waals surface area (Å²) in [5, 5.41) is 6.88. The highest BCUT2D eigenvalue weighted by Gasteiger charge is 2.20. The van der Waals surface area contributed by atoms with Crippen LogP contribution in [0.25, 0.3) is 5.69 Å². The van der Waals surface area contributed by atoms with Gasteiger partial charge in [-0.05, 0) is 37.6 Å². The van der Waals surface area contributed by atoms with Crippen molar-refractivity contribution in [3.8, 4) is 17.2 Å². The molecule has 8 nitrogen and oxygen atoms in total. The zero-order chi connectivity index (χ0) is 19.1. The van der Waals surface area contributed by atoms with Crippen LogP contribution in [0.1, 0.15) is 21.5 Å². The summed E-state index contributed by atoms with van der Waals surface area (Å²) >= 11 is 0. The van der Waals surface area contributed by atoms with Crippen molar-refractivity contribution in [2.24, 2.45) is 7.05 Å². The van der Waals surface area contributed by atoms with Gasteiger partial charge in [-0.25, -0.2) is 0 Å². The maximum absolute atomic E-state index is 13.0. The van der Waals surface area contributed by atoms with Gasteiger partial charge >= 0.3 is 0 Å². The molecule has 8 heteroatoms. The average molecular weight is 366 g/mol. The lowest BCUT2D eigenvalue weighted by atomic mass is 10.1. The first-order valence-electron chi connectivity index (χ1n) is 8.38. The van der Waals surface area contributed by atoms with Crippen molar-refractivity contribution >= 4 is 11.7 Å². The molecule has 0 unspecified atom stereocenters. The van der Waals surface area contributed by atoms with E-state index in [1.807, 2.05) is 6.92 Å². The number of aryl methyl sites for hydroxylation is 3. The van der Waals surface area contributed by atoms with Gasteiger partial charge in [-0.2, -0.15) is 5.10 Å². The number of fused-ring (bicyclic) bond motifs is 1. The van der Waals surface area contributed by atoms with Crippen LogP contribution in [-0.4, -0.2) is 27.0 Å². The molecule has 138 valence electrons. The molecule has 1 N–H and O–H groups in total. The van der Waals surface area contributed by atoms with Gasteiger partial charge in [-0.1, -0.05) is 0 Å². The number of carbonyl (C=O) groups excluding carboxylic acids is 1. The second-order valence-electron chi connectivity index (χ2n) is 6.34. The van der Waals surface area contributed by atoms with Gasteiger partial charge in [0.05, 0.1) is 11.9 Å². The predicted molar refractivity (Wildman–Crippen MR) is 98.8 cm³/mol. The summed E-state index contributed by atoms with van der Waals surface area (Å²) in [5.74, 6) is 1.27. The molecule has 27 heavy (non-hydrogen) atoms. The molecule has 1 aliphatic heterocycles. The lowest BCUT2D eigenvalue weighted by Gasteiger charge is -2.12. The molecule has 3 aromatic rings. The fourth-order valence-electron chi connectivity index (χ4n) is 3.04. The Labute approximate surface area is 155 Å². The van der Waals surface area contributed by atoms with E-state index >= 15 is 0 Å². The van der Waals surface area contributed by atoms with Crippen molar-refractivity contribution in [3.63, 3.8) is 0 Å². The summed E-state index contributed by atoms with van der Waals surface area (Å²) in [5.41, 5.74) is 1.67. The molecule has 4 rings (SSSR count). The van der Waals surface area contributed by atoms with Gasteiger partial charge in [-0.15, -0.1) is 0 Å². The zero-order valence-electron chi connectivity index (χ0n) is 15.1. The Kier molecular flexibility index (Phi) is 3.95. The SMILES string of the molecule is Cc1ccn(-c2ccc3c(c2)OCO3)c(=O)c1C(=O)Nc1c(C)cnn1C. The van der Waals surface area contributed by atoms with Gasteiger partial charge in [0.15, 0.2) is 11.5 Å². The molecule has 0 fully saturated rings. The average Bonchev–Trinajstić information content (AvgIpc) is 3.23. The Bertz CT molecular complexity index is 1090. The van der Waals surface area contributed by atoms with Gasteiger partial charge in [-0.3, -0.25) is 18.8 Å². The lowest BCUT2D eigenvalue weighted by Crippen LogP contribution is -2.30. The molecule has 1 aliphatic rings. The molecule has 0 radical (unpaired) electrons. The van der Waals surface area contributed by atoms with Crippen LogP contribution in [-0.2, 0) is 7.05 Å². The summed E-state index contributed by atoms with van der Waals surface area (Å²) in [6.07, 6.45) is 3.29. The van der Waals surface area contributed by atoms with Gasteiger partial charge in [0, 0.05) is 24.9 Å². The van der Waals surface area contributed by atoms with Crippen LogP contribution in [0.4, 0.5) is 5.82 Å². The Hall–Kier alpha value is -3.55. The van der Waals surface area contributed by atoms with E-state index in [4.69, 9.17) is 9.47 Å². The predicted octanol–water partition coefficient (Wildman–Crippen LogP) is 2.17. The van der Waals surface area contributed by atoms with Gasteiger partial charge in [0.25, 0.3) is 11.5 Å². The largest absolute Gasteiger partial charge is 0.454 e. The van der Waals surface area contributed by atoms with Gasteiger partial charge in [0.2, 0.25) is 6.79 Å². The number of hydrogen-bond acceptors (Lipinski definition) is 5. The van der Waals surface area contributed by atoms with Crippen molar-refractivity contribution in [2.45, 2.75) is 13.8 Å². The van der Waals surface area contributed by atoms with Crippen LogP contribution in [0, 0.1) is 13.8 Å². The van der Waals surface area contributed by atoms with Crippen molar-refractivity contribution < 1.29 is 14.3 Å². The van der Waals surface area contributed by atoms with E-state index < -0.39 is 11.5 Å². The summed E-state index contributed by atoms with van der Waals surface area (Å²) in [6, 6.07) is 6.93. The summed E-state index contributed by atoms with van der Waals surface area (Å²) in [7, 11) is 1.73. The topological polar surface area (TPSA) is 87.4 Å². The molecule has 0 spiro atoms. The number of nitrogens with one attached hydrogen (secondary N) is 1. The number of pyridine rings is 1. The zero-order valence-corrected chi connectivity index (χ0v) is 15.1. The quantitative estimate of drug-likeness (QED) is 0.768. The standard InChI is InChI=1S/C19H18N4O4/c1-11-6-7-23(13-4-5-14-15(8-13)27-10-26-14)19(25)16(11)18(24)21-17-12(2)9-20-22(17)3/h4-9H,10H2,1-3H3,(H,21,24). The van der Waals surface area contributed by atoms with E-state index in [-0.39, 0.29) is 12.4 Å². The first-order valence-corrected chi connectivity index (χ1v) is 8.38. The Morgan fingerprint density at radius 3 is 2.67 bits per heavy atom. The van der Waals surface area contributed by atoms with E-state index in [2.05, 4.69) is 10.4 Å². The minimum Gasteiger partial charge on any atom is -0.454 e. The Morgan fingerprint density at radius 1 is 1.15 bits per heavy atom. The third kappa shape index (κ3) is 2.84. The van der Waals surface area contributed by atoms with E-state index in [0.29, 0.717) is 28.6 Å². The van der Waals surface area contributed by atoms with Crippen LogP contribution in [0.5, 0.6) is 11.5 Å². The van der Waals surface area contributed by atoms with Crippen molar-refractivity contribution in [1.29, 1.82) is 0 Å². The van der Waals surface area contributed by atoms with Gasteiger partial charge in [0.1, 0.15) is 11.4 Å². The van der Waals surface area contributed by atoms with Crippen molar-refractivity contribution in [1.82, 2.24) is 14.3 Å². The first kappa shape index (κ1) is 16.9. The number of amides is 1. The third-order valence-corrected chi connectivity index (χ3v) is 4.52. The molecular weight excluding hydrogens is 348 g/mol. The van der Waals surface area contributed by atoms with E-state index in [9.17, 15) is 9.59 Å². The first-order chi connectivity index (χ1) is 13.0. The minimum atomic E-state index is -0.473. The van der Waals surface area contributed by atoms with Gasteiger partial charge < -0.3 is 14.8 Å². The van der Waals surface area contributed by atoms with Crippen LogP contribution >= 0.6 is 0 Å². The fraction of sp³-hybridized carbons (Fsp3) is 0.211. The van der Waals surface area contributed by atoms with E-state index in [1.165, 1.54) is 4.57 Å². The normalized spacial score (nSPS) is 12.3. The van der Waals surface area contributed by atoms with Crippen LogP contribution in [0.3, 0.4) is 0 Å². The maximum Gasteiger partial charge on any atom is 0.268 e. The summed E-state index contributed by atoms with van der Waals surface area (Å²) in [4.78, 5) is 25.9. The van der Waals surface area contributed by atoms with E-state index in [1.54, 1.807) is 55.3 Å². The smallest absolute Gasteiger partial charge is 0.268 e. The molecular formula is C19H18N4O4. The number of carbonyl (C=O) groups is 1. The number of benzene rings is 1. The third-order valence-electron chi connectivity index (χ3n) is 4.52. The highest BCUT2D eigenvalue weighted by Crippen LogP contribution is 2.33. The monoisotopic (exact) mass is 366 g/mol. The number of nitrogens with zero attached hydrogens (tertiary/aromatic N) is 3. The minimum absolute atomic E-state index is 0.0794. The number of ether oxygens (including phenoxy) is 2. The molecule has 1 aromatic carbocycles. The summed E-state index contributed by atoms with van der Waals surface area (Å²) < 4.78 is 13.6. The second-order valence-corrected chi connectivity index (χ2v) is 6.34. The van der Waals surface area contributed by atoms with Crippen LogP contribution in [0.15, 0.2) is 41.5 Å². The molecule has 1 amide bonds. The fourth-order valence-corrected chi connectivity index (χ4v) is 3.04. The maximum atomic E-state index is 13.0. The Balaban J connectivity index is 1.75. The van der Waals surface area contributed by atoms with Crippen molar-refractivity contribution in [3.05, 3.63) is 63.7 Å². The number of hydrogen-bond donors (Lipinski definition) is 1. The van der Waals surface area contributed by atoms with E-state index in [0.717, 1.165) is 5.56 Å². The molecule has 0 saturated carbocycles. The number of anilines is 1. The Morgan fingerprint density at radius 2 is 1.93 bits per heavy atom. The summed E-state index contributed by atoms with van der Waals surface area (Å²) in [6.45, 7) is 3.72. The van der Waals surface area contributed by atoms with Crippen LogP contribution < -0.4 is 20.3 Å². The number of aromatic nitrogens is 3.